The third-order valence-electron chi connectivity index (χ3n) is 2.50. The predicted molar refractivity (Wildman–Crippen MR) is 69.4 cm³/mol. The Labute approximate surface area is 114 Å². The van der Waals surface area contributed by atoms with Crippen LogP contribution in [0.2, 0.25) is 0 Å². The smallest absolute Gasteiger partial charge is 0.394 e. The highest BCUT2D eigenvalue weighted by Crippen LogP contribution is 2.12. The number of hydrogen-bond acceptors (Lipinski definition) is 7. The summed E-state index contributed by atoms with van der Waals surface area (Å²) in [5.74, 6) is 5.20. The number of hydrogen-bond donors (Lipinski definition) is 2. The summed E-state index contributed by atoms with van der Waals surface area (Å²) in [6, 6.07) is -0.912. The summed E-state index contributed by atoms with van der Waals surface area (Å²) in [5.41, 5.74) is 0.264. The Kier molecular flexibility index (Phi) is 5.74. The molecular formula is C10H15FN6O3. The minimum Gasteiger partial charge on any atom is -0.394 e. The van der Waals surface area contributed by atoms with Crippen LogP contribution in [0.25, 0.3) is 0 Å². The van der Waals surface area contributed by atoms with Crippen molar-refractivity contribution in [3.05, 3.63) is 34.4 Å². The molecule has 0 saturated heterocycles. The minimum absolute atomic E-state index is 0.00204. The van der Waals surface area contributed by atoms with Gasteiger partial charge in [0, 0.05) is 6.20 Å². The highest BCUT2D eigenvalue weighted by molar-refractivity contribution is 5.29. The fourth-order valence-corrected chi connectivity index (χ4v) is 1.40. The van der Waals surface area contributed by atoms with E-state index in [1.54, 1.807) is 0 Å². The van der Waals surface area contributed by atoms with E-state index in [2.05, 4.69) is 16.7 Å². The summed E-state index contributed by atoms with van der Waals surface area (Å²) in [4.78, 5) is 17.3. The zero-order valence-electron chi connectivity index (χ0n) is 10.6. The SMILES string of the molecule is C=N/C(=C\N(N)C(CO)CF)Cn1ccnc1[N+](=O)[O-]. The Morgan fingerprint density at radius 1 is 1.85 bits per heavy atom. The van der Waals surface area contributed by atoms with E-state index in [4.69, 9.17) is 10.9 Å². The molecule has 0 fully saturated rings. The monoisotopic (exact) mass is 286 g/mol. The van der Waals surface area contributed by atoms with Gasteiger partial charge in [0.2, 0.25) is 0 Å². The second kappa shape index (κ2) is 7.31. The number of alkyl halides is 1. The molecule has 1 aromatic heterocycles. The van der Waals surface area contributed by atoms with Crippen LogP contribution in [0, 0.1) is 10.1 Å². The van der Waals surface area contributed by atoms with E-state index in [-0.39, 0.29) is 18.2 Å². The molecule has 0 amide bonds. The first-order chi connectivity index (χ1) is 9.53. The molecule has 1 unspecified atom stereocenters. The second-order valence-electron chi connectivity index (χ2n) is 3.83. The van der Waals surface area contributed by atoms with Crippen molar-refractivity contribution in [2.75, 3.05) is 13.3 Å². The summed E-state index contributed by atoms with van der Waals surface area (Å²) in [7, 11) is 0. The van der Waals surface area contributed by atoms with Crippen LogP contribution >= 0.6 is 0 Å². The van der Waals surface area contributed by atoms with Crippen molar-refractivity contribution >= 4 is 12.7 Å². The van der Waals surface area contributed by atoms with Crippen molar-refractivity contribution in [2.24, 2.45) is 10.8 Å². The van der Waals surface area contributed by atoms with Gasteiger partial charge >= 0.3 is 5.95 Å². The second-order valence-corrected chi connectivity index (χ2v) is 3.83. The maximum atomic E-state index is 12.5. The summed E-state index contributed by atoms with van der Waals surface area (Å²) < 4.78 is 13.8. The number of imidazole rings is 1. The molecule has 0 aliphatic rings. The summed E-state index contributed by atoms with van der Waals surface area (Å²) in [6.07, 6.45) is 3.94. The van der Waals surface area contributed by atoms with Crippen LogP contribution in [-0.2, 0) is 6.54 Å². The molecule has 0 radical (unpaired) electrons. The first-order valence-corrected chi connectivity index (χ1v) is 5.56. The van der Waals surface area contributed by atoms with E-state index in [0.717, 1.165) is 5.01 Å². The van der Waals surface area contributed by atoms with Crippen molar-refractivity contribution in [3.63, 3.8) is 0 Å². The summed E-state index contributed by atoms with van der Waals surface area (Å²) >= 11 is 0. The predicted octanol–water partition coefficient (Wildman–Crippen LogP) is -0.161. The average Bonchev–Trinajstić information content (AvgIpc) is 2.87. The van der Waals surface area contributed by atoms with E-state index in [9.17, 15) is 14.5 Å². The van der Waals surface area contributed by atoms with Crippen LogP contribution in [0.4, 0.5) is 10.3 Å². The zero-order chi connectivity index (χ0) is 15.1. The number of allylic oxidation sites excluding steroid dienone is 1. The average molecular weight is 286 g/mol. The van der Waals surface area contributed by atoms with E-state index in [1.165, 1.54) is 23.2 Å². The lowest BCUT2D eigenvalue weighted by Gasteiger charge is -2.21. The molecular weight excluding hydrogens is 271 g/mol. The molecule has 1 aromatic rings. The van der Waals surface area contributed by atoms with Gasteiger partial charge in [0.15, 0.2) is 0 Å². The third kappa shape index (κ3) is 3.83. The molecule has 1 rings (SSSR count). The molecule has 9 nitrogen and oxygen atoms in total. The molecule has 20 heavy (non-hydrogen) atoms. The van der Waals surface area contributed by atoms with Gasteiger partial charge in [0.25, 0.3) is 0 Å². The van der Waals surface area contributed by atoms with Gasteiger partial charge in [0.05, 0.1) is 18.3 Å². The molecule has 0 aliphatic heterocycles. The van der Waals surface area contributed by atoms with Crippen LogP contribution in [0.15, 0.2) is 29.3 Å². The van der Waals surface area contributed by atoms with Crippen LogP contribution in [-0.4, -0.2) is 50.6 Å². The fourth-order valence-electron chi connectivity index (χ4n) is 1.40. The number of halogens is 1. The van der Waals surface area contributed by atoms with Gasteiger partial charge in [-0.05, 0) is 11.6 Å². The van der Waals surface area contributed by atoms with Gasteiger partial charge in [-0.25, -0.2) is 14.8 Å². The standard InChI is InChI=1S/C10H15FN6O3/c1-13-8(6-16(12)9(4-11)7-18)5-15-3-2-14-10(15)17(19)20/h2-3,6,9,18H,1,4-5,7,12H2/b8-6-. The molecule has 110 valence electrons. The molecule has 0 spiro atoms. The van der Waals surface area contributed by atoms with Crippen molar-refractivity contribution in [1.29, 1.82) is 0 Å². The number of nitrogens with two attached hydrogens (primary N) is 1. The van der Waals surface area contributed by atoms with Crippen LogP contribution in [0.5, 0.6) is 0 Å². The van der Waals surface area contributed by atoms with Crippen molar-refractivity contribution in [3.8, 4) is 0 Å². The van der Waals surface area contributed by atoms with Gasteiger partial charge in [-0.1, -0.05) is 4.98 Å². The maximum Gasteiger partial charge on any atom is 0.434 e. The van der Waals surface area contributed by atoms with E-state index in [0.29, 0.717) is 0 Å². The highest BCUT2D eigenvalue weighted by atomic mass is 19.1. The zero-order valence-corrected chi connectivity index (χ0v) is 10.6. The summed E-state index contributed by atoms with van der Waals surface area (Å²) in [5, 5.41) is 20.6. The molecule has 0 saturated carbocycles. The third-order valence-corrected chi connectivity index (χ3v) is 2.50. The van der Waals surface area contributed by atoms with Crippen molar-refractivity contribution in [1.82, 2.24) is 14.6 Å². The Morgan fingerprint density at radius 2 is 2.55 bits per heavy atom. The number of rotatable bonds is 8. The largest absolute Gasteiger partial charge is 0.434 e. The quantitative estimate of drug-likeness (QED) is 0.296. The Bertz CT molecular complexity index is 499. The highest BCUT2D eigenvalue weighted by Gasteiger charge is 2.16. The topological polar surface area (TPSA) is 123 Å². The minimum atomic E-state index is -0.912. The van der Waals surface area contributed by atoms with Gasteiger partial charge in [-0.2, -0.15) is 0 Å². The van der Waals surface area contributed by atoms with E-state index >= 15 is 0 Å². The lowest BCUT2D eigenvalue weighted by molar-refractivity contribution is -0.396. The molecule has 0 aliphatic carbocycles. The number of nitrogens with zero attached hydrogens (tertiary/aromatic N) is 5. The number of aromatic nitrogens is 2. The summed E-state index contributed by atoms with van der Waals surface area (Å²) in [6.45, 7) is 2.00. The number of hydrazine groups is 1. The van der Waals surface area contributed by atoms with E-state index in [1.807, 2.05) is 0 Å². The lowest BCUT2D eigenvalue weighted by Crippen LogP contribution is -2.41. The lowest BCUT2D eigenvalue weighted by atomic mass is 10.3. The van der Waals surface area contributed by atoms with Crippen molar-refractivity contribution < 1.29 is 14.4 Å². The van der Waals surface area contributed by atoms with Gasteiger partial charge in [-0.15, -0.1) is 0 Å². The number of nitro groups is 1. The van der Waals surface area contributed by atoms with Crippen LogP contribution in [0.3, 0.4) is 0 Å². The molecule has 3 N–H and O–H groups in total. The molecule has 10 heteroatoms. The first kappa shape index (κ1) is 15.7. The molecule has 0 aromatic carbocycles. The van der Waals surface area contributed by atoms with Gasteiger partial charge in [0.1, 0.15) is 25.6 Å². The maximum absolute atomic E-state index is 12.5. The van der Waals surface area contributed by atoms with Gasteiger partial charge < -0.3 is 20.2 Å². The van der Waals surface area contributed by atoms with Crippen LogP contribution in [0.1, 0.15) is 0 Å². The molecule has 0 bridgehead atoms. The molecule has 1 atom stereocenters. The Balaban J connectivity index is 2.88. The van der Waals surface area contributed by atoms with Crippen molar-refractivity contribution in [2.45, 2.75) is 12.6 Å². The Hall–Kier alpha value is -2.33. The van der Waals surface area contributed by atoms with E-state index < -0.39 is 24.2 Å². The van der Waals surface area contributed by atoms with Gasteiger partial charge in [-0.3, -0.25) is 4.99 Å². The number of aliphatic hydroxyl groups excluding tert-OH is 1. The normalized spacial score (nSPS) is 13.1. The number of aliphatic hydroxyl groups is 1. The first-order valence-electron chi connectivity index (χ1n) is 5.56. The molecule has 1 heterocycles. The van der Waals surface area contributed by atoms with Crippen LogP contribution < -0.4 is 5.84 Å². The number of aliphatic imine (C=N–C) groups is 1. The Morgan fingerprint density at radius 3 is 3.05 bits per heavy atom. The fraction of sp³-hybridized carbons (Fsp3) is 0.400.